The maximum Gasteiger partial charge on any atom is 0.245 e. The van der Waals surface area contributed by atoms with Gasteiger partial charge in [0.15, 0.2) is 0 Å². The normalized spacial score (nSPS) is 20.5. The molecule has 2 aliphatic heterocycles. The summed E-state index contributed by atoms with van der Waals surface area (Å²) in [5.41, 5.74) is 7.45. The van der Waals surface area contributed by atoms with Gasteiger partial charge in [-0.15, -0.1) is 0 Å². The van der Waals surface area contributed by atoms with Crippen molar-refractivity contribution in [2.75, 3.05) is 59.8 Å². The topological polar surface area (TPSA) is 147 Å². The van der Waals surface area contributed by atoms with Gasteiger partial charge in [-0.25, -0.2) is 0 Å². The molecule has 3 amide bonds. The summed E-state index contributed by atoms with van der Waals surface area (Å²) < 4.78 is 16.6. The van der Waals surface area contributed by atoms with Gasteiger partial charge < -0.3 is 40.2 Å². The summed E-state index contributed by atoms with van der Waals surface area (Å²) in [6.45, 7) is 15.0. The number of morpholine rings is 1. The molecule has 1 saturated carbocycles. The SMILES string of the molecule is CCCC[C@H](N)C(=O)N([C@@H](Cc1ccccc1)C(=O)N1CCC(OCOC)CC1)[C@@H](CC1CCCCC1)[C@@H](O)C[C@H](C(=O)NCC(C)(C)N1CCOCC1)C(C)C. The van der Waals surface area contributed by atoms with Crippen molar-refractivity contribution in [2.45, 2.75) is 154 Å². The number of nitrogens with zero attached hydrogens (tertiary/aromatic N) is 3. The number of hydrogen-bond donors (Lipinski definition) is 3. The van der Waals surface area contributed by atoms with E-state index < -0.39 is 30.1 Å². The van der Waals surface area contributed by atoms with Gasteiger partial charge in [0.25, 0.3) is 0 Å². The van der Waals surface area contributed by atoms with Gasteiger partial charge in [-0.2, -0.15) is 0 Å². The molecule has 4 N–H and O–H groups in total. The van der Waals surface area contributed by atoms with E-state index in [1.54, 1.807) is 12.0 Å². The Kier molecular flexibility index (Phi) is 19.7. The molecule has 324 valence electrons. The van der Waals surface area contributed by atoms with Crippen LogP contribution < -0.4 is 11.1 Å². The number of piperidine rings is 1. The lowest BCUT2D eigenvalue weighted by molar-refractivity contribution is -0.155. The molecule has 2 heterocycles. The number of hydrogen-bond acceptors (Lipinski definition) is 9. The average Bonchev–Trinajstić information content (AvgIpc) is 3.23. The number of aliphatic hydroxyl groups is 1. The van der Waals surface area contributed by atoms with E-state index in [0.29, 0.717) is 65.0 Å². The van der Waals surface area contributed by atoms with Crippen molar-refractivity contribution in [3.8, 4) is 0 Å². The molecule has 12 heteroatoms. The number of rotatable bonds is 22. The lowest BCUT2D eigenvalue weighted by Gasteiger charge is -2.45. The van der Waals surface area contributed by atoms with Crippen LogP contribution in [0.2, 0.25) is 0 Å². The number of carbonyl (C=O) groups excluding carboxylic acids is 3. The zero-order valence-electron chi connectivity index (χ0n) is 36.2. The molecule has 0 aromatic heterocycles. The van der Waals surface area contributed by atoms with Crippen molar-refractivity contribution in [3.63, 3.8) is 0 Å². The first-order valence-corrected chi connectivity index (χ1v) is 22.2. The van der Waals surface area contributed by atoms with Gasteiger partial charge >= 0.3 is 0 Å². The third kappa shape index (κ3) is 14.3. The number of benzene rings is 1. The van der Waals surface area contributed by atoms with Crippen LogP contribution in [0.1, 0.15) is 117 Å². The van der Waals surface area contributed by atoms with Crippen LogP contribution in [0.4, 0.5) is 0 Å². The van der Waals surface area contributed by atoms with Crippen LogP contribution in [0.5, 0.6) is 0 Å². The Labute approximate surface area is 343 Å². The maximum absolute atomic E-state index is 15.0. The van der Waals surface area contributed by atoms with Crippen molar-refractivity contribution >= 4 is 17.7 Å². The summed E-state index contributed by atoms with van der Waals surface area (Å²) in [7, 11) is 1.60. The zero-order chi connectivity index (χ0) is 41.4. The largest absolute Gasteiger partial charge is 0.391 e. The van der Waals surface area contributed by atoms with Crippen LogP contribution >= 0.6 is 0 Å². The molecule has 0 unspecified atom stereocenters. The van der Waals surface area contributed by atoms with Crippen LogP contribution in [0.25, 0.3) is 0 Å². The Morgan fingerprint density at radius 3 is 2.30 bits per heavy atom. The number of nitrogens with one attached hydrogen (secondary N) is 1. The molecule has 0 radical (unpaired) electrons. The molecule has 57 heavy (non-hydrogen) atoms. The van der Waals surface area contributed by atoms with E-state index in [1.165, 1.54) is 6.42 Å². The lowest BCUT2D eigenvalue weighted by atomic mass is 9.79. The molecule has 3 fully saturated rings. The first-order valence-electron chi connectivity index (χ1n) is 22.2. The number of carbonyl (C=O) groups is 3. The van der Waals surface area contributed by atoms with E-state index in [2.05, 4.69) is 31.0 Å². The van der Waals surface area contributed by atoms with Crippen molar-refractivity contribution in [1.29, 1.82) is 0 Å². The fourth-order valence-corrected chi connectivity index (χ4v) is 9.08. The average molecular weight is 800 g/mol. The van der Waals surface area contributed by atoms with Crippen molar-refractivity contribution < 1.29 is 33.7 Å². The third-order valence-corrected chi connectivity index (χ3v) is 12.8. The Balaban J connectivity index is 1.70. The number of ether oxygens (including phenoxy) is 3. The van der Waals surface area contributed by atoms with Crippen LogP contribution in [0.3, 0.4) is 0 Å². The Morgan fingerprint density at radius 1 is 1.02 bits per heavy atom. The van der Waals surface area contributed by atoms with Crippen LogP contribution in [0.15, 0.2) is 30.3 Å². The number of nitrogens with two attached hydrogens (primary N) is 1. The van der Waals surface area contributed by atoms with Gasteiger partial charge in [0, 0.05) is 57.7 Å². The predicted octanol–water partition coefficient (Wildman–Crippen LogP) is 5.14. The Bertz CT molecular complexity index is 1330. The highest BCUT2D eigenvalue weighted by atomic mass is 16.7. The van der Waals surface area contributed by atoms with E-state index >= 15 is 9.59 Å². The number of likely N-dealkylation sites (tertiary alicyclic amines) is 1. The Morgan fingerprint density at radius 2 is 1.68 bits per heavy atom. The van der Waals surface area contributed by atoms with E-state index in [0.717, 1.165) is 57.2 Å². The molecule has 5 atom stereocenters. The second-order valence-corrected chi connectivity index (χ2v) is 17.9. The molecule has 0 spiro atoms. The zero-order valence-corrected chi connectivity index (χ0v) is 36.2. The second kappa shape index (κ2) is 23.8. The minimum Gasteiger partial charge on any atom is -0.391 e. The van der Waals surface area contributed by atoms with E-state index in [9.17, 15) is 9.90 Å². The quantitative estimate of drug-likeness (QED) is 0.136. The van der Waals surface area contributed by atoms with Crippen LogP contribution in [0, 0.1) is 17.8 Å². The summed E-state index contributed by atoms with van der Waals surface area (Å²) >= 11 is 0. The van der Waals surface area contributed by atoms with Crippen LogP contribution in [-0.4, -0.2) is 133 Å². The highest BCUT2D eigenvalue weighted by Crippen LogP contribution is 2.34. The van der Waals surface area contributed by atoms with E-state index in [1.807, 2.05) is 49.1 Å². The molecule has 12 nitrogen and oxygen atoms in total. The minimum absolute atomic E-state index is 0.0128. The molecule has 1 aromatic rings. The fraction of sp³-hybridized carbons (Fsp3) is 0.800. The molecule has 0 bridgehead atoms. The second-order valence-electron chi connectivity index (χ2n) is 17.9. The highest BCUT2D eigenvalue weighted by molar-refractivity contribution is 5.90. The number of methoxy groups -OCH3 is 1. The molecule has 3 aliphatic rings. The maximum atomic E-state index is 15.0. The first kappa shape index (κ1) is 47.1. The summed E-state index contributed by atoms with van der Waals surface area (Å²) in [5.74, 6) is -0.828. The van der Waals surface area contributed by atoms with Gasteiger partial charge in [-0.3, -0.25) is 19.3 Å². The monoisotopic (exact) mass is 800 g/mol. The molecular formula is C45H77N5O7. The third-order valence-electron chi connectivity index (χ3n) is 12.8. The van der Waals surface area contributed by atoms with E-state index in [4.69, 9.17) is 19.9 Å². The van der Waals surface area contributed by atoms with Gasteiger partial charge in [0.1, 0.15) is 12.8 Å². The molecule has 1 aromatic carbocycles. The molecule has 2 saturated heterocycles. The summed E-state index contributed by atoms with van der Waals surface area (Å²) in [4.78, 5) is 50.1. The number of amides is 3. The van der Waals surface area contributed by atoms with Crippen molar-refractivity contribution in [1.82, 2.24) is 20.0 Å². The summed E-state index contributed by atoms with van der Waals surface area (Å²) in [6, 6.07) is 7.44. The number of unbranched alkanes of at least 4 members (excludes halogenated alkanes) is 1. The predicted molar refractivity (Wildman–Crippen MR) is 224 cm³/mol. The molecular weight excluding hydrogens is 723 g/mol. The van der Waals surface area contributed by atoms with Gasteiger partial charge in [0.2, 0.25) is 17.7 Å². The van der Waals surface area contributed by atoms with Gasteiger partial charge in [-0.1, -0.05) is 96.0 Å². The summed E-state index contributed by atoms with van der Waals surface area (Å²) in [5, 5.41) is 15.9. The van der Waals surface area contributed by atoms with Gasteiger partial charge in [0.05, 0.1) is 37.5 Å². The van der Waals surface area contributed by atoms with Gasteiger partial charge in [-0.05, 0) is 63.4 Å². The standard InChI is InChI=1S/C45H77N5O7/c1-7-8-19-38(46)43(53)50(40(29-35-17-13-10-14-18-35)44(54)48-22-20-36(21-23-48)57-32-55-6)39(28-34-15-11-9-12-16-34)41(51)30-37(33(2)3)42(52)47-31-45(4,5)49-24-26-56-27-25-49/h10,13-14,17-18,33-34,36-41,51H,7-9,11-12,15-16,19-32,46H2,1-6H3,(H,47,52)/t37-,38-,39-,40-,41-/m0/s1. The van der Waals surface area contributed by atoms with E-state index in [-0.39, 0.29) is 54.4 Å². The van der Waals surface area contributed by atoms with Crippen molar-refractivity contribution in [2.24, 2.45) is 23.5 Å². The first-order chi connectivity index (χ1) is 27.4. The van der Waals surface area contributed by atoms with Crippen LogP contribution in [-0.2, 0) is 35.0 Å². The lowest BCUT2D eigenvalue weighted by Crippen LogP contribution is -2.63. The fourth-order valence-electron chi connectivity index (χ4n) is 9.08. The summed E-state index contributed by atoms with van der Waals surface area (Å²) in [6.07, 6.45) is 8.80. The molecule has 1 aliphatic carbocycles. The Hall–Kier alpha value is -2.61. The smallest absolute Gasteiger partial charge is 0.245 e. The number of aliphatic hydroxyl groups excluding tert-OH is 1. The van der Waals surface area contributed by atoms with Crippen molar-refractivity contribution in [3.05, 3.63) is 35.9 Å². The minimum atomic E-state index is -1.06. The highest BCUT2D eigenvalue weighted by Gasteiger charge is 2.44. The molecule has 4 rings (SSSR count).